The Labute approximate surface area is 171 Å². The van der Waals surface area contributed by atoms with Gasteiger partial charge in [-0.1, -0.05) is 27.5 Å². The molecule has 1 fully saturated rings. The first-order chi connectivity index (χ1) is 12.8. The van der Waals surface area contributed by atoms with Gasteiger partial charge in [0.15, 0.2) is 0 Å². The number of carbonyl (C=O) groups excluding carboxylic acids is 1. The summed E-state index contributed by atoms with van der Waals surface area (Å²) < 4.78 is 33.1. The molecule has 0 saturated carbocycles. The molecule has 144 valence electrons. The number of aryl methyl sites for hydroxylation is 1. The lowest BCUT2D eigenvalue weighted by atomic mass is 10.2. The van der Waals surface area contributed by atoms with Crippen LogP contribution in [0.2, 0.25) is 5.02 Å². The van der Waals surface area contributed by atoms with E-state index < -0.39 is 15.9 Å². The first kappa shape index (κ1) is 20.3. The molecule has 0 unspecified atom stereocenters. The molecule has 0 aliphatic carbocycles. The van der Waals surface area contributed by atoms with Crippen molar-refractivity contribution in [3.8, 4) is 0 Å². The predicted octanol–water partition coefficient (Wildman–Crippen LogP) is 3.68. The maximum absolute atomic E-state index is 12.8. The fourth-order valence-corrected chi connectivity index (χ4v) is 4.58. The molecule has 1 aliphatic heterocycles. The smallest absolute Gasteiger partial charge is 0.257 e. The quantitative estimate of drug-likeness (QED) is 0.735. The Morgan fingerprint density at radius 2 is 1.89 bits per heavy atom. The molecule has 2 aromatic rings. The lowest BCUT2D eigenvalue weighted by molar-refractivity contribution is 0.0730. The molecule has 0 aromatic heterocycles. The topological polar surface area (TPSA) is 75.7 Å². The molecule has 2 aromatic carbocycles. The van der Waals surface area contributed by atoms with E-state index in [1.807, 2.05) is 19.1 Å². The number of morpholine rings is 1. The number of nitrogens with zero attached hydrogens (tertiary/aromatic N) is 1. The van der Waals surface area contributed by atoms with Gasteiger partial charge in [0.05, 0.1) is 28.7 Å². The van der Waals surface area contributed by atoms with Crippen molar-refractivity contribution < 1.29 is 17.9 Å². The third-order valence-corrected chi connectivity index (χ3v) is 7.32. The number of nitrogens with one attached hydrogen (secondary N) is 1. The van der Waals surface area contributed by atoms with E-state index in [0.717, 1.165) is 10.0 Å². The van der Waals surface area contributed by atoms with Crippen LogP contribution in [0.1, 0.15) is 15.9 Å². The molecule has 1 amide bonds. The molecule has 1 heterocycles. The van der Waals surface area contributed by atoms with Gasteiger partial charge < -0.3 is 10.1 Å². The van der Waals surface area contributed by atoms with E-state index in [-0.39, 0.29) is 28.6 Å². The minimum atomic E-state index is -3.71. The van der Waals surface area contributed by atoms with Gasteiger partial charge in [0.25, 0.3) is 5.91 Å². The fourth-order valence-electron chi connectivity index (χ4n) is 2.70. The van der Waals surface area contributed by atoms with Crippen molar-refractivity contribution in [2.75, 3.05) is 31.6 Å². The van der Waals surface area contributed by atoms with Crippen molar-refractivity contribution in [1.29, 1.82) is 0 Å². The number of hydrogen-bond donors (Lipinski definition) is 1. The number of hydrogen-bond acceptors (Lipinski definition) is 4. The molecule has 9 heteroatoms. The summed E-state index contributed by atoms with van der Waals surface area (Å²) in [6.45, 7) is 3.17. The van der Waals surface area contributed by atoms with Gasteiger partial charge in [-0.05, 0) is 48.9 Å². The number of benzene rings is 2. The van der Waals surface area contributed by atoms with Gasteiger partial charge in [0.1, 0.15) is 0 Å². The highest BCUT2D eigenvalue weighted by molar-refractivity contribution is 9.10. The average molecular weight is 474 g/mol. The number of amides is 1. The zero-order valence-electron chi connectivity index (χ0n) is 14.5. The Bertz CT molecular complexity index is 975. The second-order valence-corrected chi connectivity index (χ2v) is 9.28. The summed E-state index contributed by atoms with van der Waals surface area (Å²) in [4.78, 5) is 12.7. The third kappa shape index (κ3) is 4.52. The highest BCUT2D eigenvalue weighted by atomic mass is 79.9. The Balaban J connectivity index is 1.88. The van der Waals surface area contributed by atoms with Crippen LogP contribution < -0.4 is 5.32 Å². The van der Waals surface area contributed by atoms with Crippen LogP contribution in [0.15, 0.2) is 45.8 Å². The number of sulfonamides is 1. The monoisotopic (exact) mass is 472 g/mol. The average Bonchev–Trinajstić information content (AvgIpc) is 2.65. The number of anilines is 1. The largest absolute Gasteiger partial charge is 0.379 e. The van der Waals surface area contributed by atoms with E-state index in [9.17, 15) is 13.2 Å². The van der Waals surface area contributed by atoms with Crippen LogP contribution >= 0.6 is 27.5 Å². The third-order valence-electron chi connectivity index (χ3n) is 4.21. The standard InChI is InChI=1S/C18H18BrClN2O4S/c1-12-10-13(2-4-16(12)19)21-18(23)15-11-14(3-5-17(15)20)27(24,25)22-6-8-26-9-7-22/h2-5,10-11H,6-9H2,1H3,(H,21,23). The summed E-state index contributed by atoms with van der Waals surface area (Å²) in [5.41, 5.74) is 1.66. The molecule has 1 N–H and O–H groups in total. The summed E-state index contributed by atoms with van der Waals surface area (Å²) in [5.74, 6) is -0.472. The molecule has 0 radical (unpaired) electrons. The van der Waals surface area contributed by atoms with Crippen molar-refractivity contribution in [2.45, 2.75) is 11.8 Å². The van der Waals surface area contributed by atoms with Gasteiger partial charge in [-0.3, -0.25) is 4.79 Å². The second-order valence-electron chi connectivity index (χ2n) is 6.08. The van der Waals surface area contributed by atoms with E-state index in [4.69, 9.17) is 16.3 Å². The predicted molar refractivity (Wildman–Crippen MR) is 108 cm³/mol. The molecule has 0 bridgehead atoms. The highest BCUT2D eigenvalue weighted by Crippen LogP contribution is 2.25. The van der Waals surface area contributed by atoms with Gasteiger partial charge >= 0.3 is 0 Å². The minimum Gasteiger partial charge on any atom is -0.379 e. The van der Waals surface area contributed by atoms with Gasteiger partial charge in [-0.25, -0.2) is 8.42 Å². The van der Waals surface area contributed by atoms with E-state index >= 15 is 0 Å². The first-order valence-corrected chi connectivity index (χ1v) is 10.8. The van der Waals surface area contributed by atoms with Gasteiger partial charge in [0, 0.05) is 23.2 Å². The lowest BCUT2D eigenvalue weighted by Crippen LogP contribution is -2.40. The normalized spacial score (nSPS) is 15.5. The van der Waals surface area contributed by atoms with Crippen molar-refractivity contribution >= 4 is 49.1 Å². The van der Waals surface area contributed by atoms with Crippen LogP contribution in [-0.4, -0.2) is 44.9 Å². The van der Waals surface area contributed by atoms with Gasteiger partial charge in [-0.15, -0.1) is 0 Å². The van der Waals surface area contributed by atoms with Crippen LogP contribution in [0.3, 0.4) is 0 Å². The van der Waals surface area contributed by atoms with Crippen molar-refractivity contribution in [2.24, 2.45) is 0 Å². The van der Waals surface area contributed by atoms with Crippen molar-refractivity contribution in [3.05, 3.63) is 57.0 Å². The van der Waals surface area contributed by atoms with E-state index in [1.54, 1.807) is 6.07 Å². The van der Waals surface area contributed by atoms with E-state index in [1.165, 1.54) is 22.5 Å². The van der Waals surface area contributed by atoms with Crippen LogP contribution in [0.25, 0.3) is 0 Å². The highest BCUT2D eigenvalue weighted by Gasteiger charge is 2.27. The van der Waals surface area contributed by atoms with E-state index in [2.05, 4.69) is 21.2 Å². The zero-order chi connectivity index (χ0) is 19.6. The molecule has 0 spiro atoms. The second kappa shape index (κ2) is 8.28. The Morgan fingerprint density at radius 1 is 1.19 bits per heavy atom. The van der Waals surface area contributed by atoms with Gasteiger partial charge in [-0.2, -0.15) is 4.31 Å². The number of carbonyl (C=O) groups is 1. The summed E-state index contributed by atoms with van der Waals surface area (Å²) in [7, 11) is -3.71. The zero-order valence-corrected chi connectivity index (χ0v) is 17.7. The summed E-state index contributed by atoms with van der Waals surface area (Å²) in [6, 6.07) is 9.53. The molecular formula is C18H18BrClN2O4S. The molecule has 1 saturated heterocycles. The summed E-state index contributed by atoms with van der Waals surface area (Å²) in [5, 5.41) is 2.94. The Kier molecular flexibility index (Phi) is 6.22. The number of ether oxygens (including phenoxy) is 1. The van der Waals surface area contributed by atoms with Crippen LogP contribution in [0, 0.1) is 6.92 Å². The summed E-state index contributed by atoms with van der Waals surface area (Å²) >= 11 is 9.56. The lowest BCUT2D eigenvalue weighted by Gasteiger charge is -2.26. The molecule has 1 aliphatic rings. The van der Waals surface area contributed by atoms with Crippen LogP contribution in [0.4, 0.5) is 5.69 Å². The SMILES string of the molecule is Cc1cc(NC(=O)c2cc(S(=O)(=O)N3CCOCC3)ccc2Cl)ccc1Br. The number of rotatable bonds is 4. The minimum absolute atomic E-state index is 0.0333. The maximum Gasteiger partial charge on any atom is 0.257 e. The van der Waals surface area contributed by atoms with Crippen LogP contribution in [0.5, 0.6) is 0 Å². The van der Waals surface area contributed by atoms with Crippen molar-refractivity contribution in [3.63, 3.8) is 0 Å². The Morgan fingerprint density at radius 3 is 2.56 bits per heavy atom. The fraction of sp³-hybridized carbons (Fsp3) is 0.278. The maximum atomic E-state index is 12.8. The van der Waals surface area contributed by atoms with Crippen LogP contribution in [-0.2, 0) is 14.8 Å². The first-order valence-electron chi connectivity index (χ1n) is 8.24. The molecule has 6 nitrogen and oxygen atoms in total. The van der Waals surface area contributed by atoms with Gasteiger partial charge in [0.2, 0.25) is 10.0 Å². The molecule has 27 heavy (non-hydrogen) atoms. The number of halogens is 2. The van der Waals surface area contributed by atoms with E-state index in [0.29, 0.717) is 18.9 Å². The molecule has 0 atom stereocenters. The molecular weight excluding hydrogens is 456 g/mol. The Hall–Kier alpha value is -1.45. The summed E-state index contributed by atoms with van der Waals surface area (Å²) in [6.07, 6.45) is 0. The molecule has 3 rings (SSSR count). The van der Waals surface area contributed by atoms with Crippen molar-refractivity contribution in [1.82, 2.24) is 4.31 Å².